The van der Waals surface area contributed by atoms with Crippen LogP contribution in [0.3, 0.4) is 0 Å². The molecule has 2 aliphatic rings. The van der Waals surface area contributed by atoms with Crippen molar-refractivity contribution in [2.24, 2.45) is 0 Å². The molecule has 140 valence electrons. The molecule has 8 heteroatoms. The van der Waals surface area contributed by atoms with E-state index in [1.54, 1.807) is 12.1 Å². The van der Waals surface area contributed by atoms with E-state index < -0.39 is 10.0 Å². The third-order valence-corrected chi connectivity index (χ3v) is 7.13. The molecule has 2 fully saturated rings. The second-order valence-corrected chi connectivity index (χ2v) is 9.01. The van der Waals surface area contributed by atoms with E-state index >= 15 is 0 Å². The van der Waals surface area contributed by atoms with Gasteiger partial charge in [-0.1, -0.05) is 12.8 Å². The molecule has 3 heterocycles. The number of anilines is 1. The molecule has 0 bridgehead atoms. The van der Waals surface area contributed by atoms with Gasteiger partial charge in [-0.15, -0.1) is 0 Å². The summed E-state index contributed by atoms with van der Waals surface area (Å²) in [6.45, 7) is 1.78. The molecular weight excluding hydrogens is 350 g/mol. The van der Waals surface area contributed by atoms with E-state index in [-0.39, 0.29) is 4.90 Å². The Balaban J connectivity index is 1.37. The van der Waals surface area contributed by atoms with Crippen molar-refractivity contribution in [3.05, 3.63) is 36.3 Å². The van der Waals surface area contributed by atoms with E-state index in [0.29, 0.717) is 31.5 Å². The third kappa shape index (κ3) is 3.61. The van der Waals surface area contributed by atoms with Crippen LogP contribution in [0.4, 0.5) is 5.82 Å². The van der Waals surface area contributed by atoms with Gasteiger partial charge >= 0.3 is 0 Å². The Morgan fingerprint density at radius 2 is 1.85 bits per heavy atom. The summed E-state index contributed by atoms with van der Waals surface area (Å²) in [6.07, 6.45) is 10.3. The van der Waals surface area contributed by atoms with Gasteiger partial charge in [-0.25, -0.2) is 13.4 Å². The molecule has 0 unspecified atom stereocenters. The molecular formula is C18H25N5O2S. The van der Waals surface area contributed by atoms with Crippen LogP contribution in [0, 0.1) is 0 Å². The zero-order valence-electron chi connectivity index (χ0n) is 14.8. The standard InChI is InChI=1S/C18H25N5O2S/c24-26(25,22-10-3-4-11-22)17-7-8-18(20-14-17)19-13-15-9-12-23(21-15)16-5-1-2-6-16/h7-9,12,14,16H,1-6,10-11,13H2,(H,19,20). The Morgan fingerprint density at radius 1 is 1.08 bits per heavy atom. The topological polar surface area (TPSA) is 80.1 Å². The highest BCUT2D eigenvalue weighted by atomic mass is 32.2. The Kier molecular flexibility index (Phi) is 4.95. The van der Waals surface area contributed by atoms with Crippen molar-refractivity contribution in [3.8, 4) is 0 Å². The van der Waals surface area contributed by atoms with E-state index in [0.717, 1.165) is 18.5 Å². The van der Waals surface area contributed by atoms with Crippen molar-refractivity contribution >= 4 is 15.8 Å². The van der Waals surface area contributed by atoms with E-state index in [2.05, 4.69) is 20.1 Å². The zero-order chi connectivity index (χ0) is 18.0. The van der Waals surface area contributed by atoms with Gasteiger partial charge in [0, 0.05) is 25.5 Å². The summed E-state index contributed by atoms with van der Waals surface area (Å²) in [5, 5.41) is 7.86. The van der Waals surface area contributed by atoms with Crippen LogP contribution in [0.1, 0.15) is 50.3 Å². The van der Waals surface area contributed by atoms with Gasteiger partial charge in [-0.05, 0) is 43.9 Å². The highest BCUT2D eigenvalue weighted by Crippen LogP contribution is 2.28. The first kappa shape index (κ1) is 17.5. The molecule has 1 aliphatic carbocycles. The number of nitrogens with zero attached hydrogens (tertiary/aromatic N) is 4. The van der Waals surface area contributed by atoms with Crippen LogP contribution in [0.25, 0.3) is 0 Å². The fraction of sp³-hybridized carbons (Fsp3) is 0.556. The fourth-order valence-electron chi connectivity index (χ4n) is 3.74. The highest BCUT2D eigenvalue weighted by molar-refractivity contribution is 7.89. The van der Waals surface area contributed by atoms with Crippen LogP contribution >= 0.6 is 0 Å². The van der Waals surface area contributed by atoms with E-state index in [4.69, 9.17) is 0 Å². The van der Waals surface area contributed by atoms with Crippen molar-refractivity contribution in [2.75, 3.05) is 18.4 Å². The maximum Gasteiger partial charge on any atom is 0.244 e. The molecule has 0 spiro atoms. The maximum absolute atomic E-state index is 12.5. The van der Waals surface area contributed by atoms with Crippen molar-refractivity contribution in [1.29, 1.82) is 0 Å². The molecule has 1 saturated carbocycles. The Labute approximate surface area is 154 Å². The Morgan fingerprint density at radius 3 is 2.54 bits per heavy atom. The monoisotopic (exact) mass is 375 g/mol. The van der Waals surface area contributed by atoms with Gasteiger partial charge in [0.25, 0.3) is 0 Å². The normalized spacial score (nSPS) is 19.2. The van der Waals surface area contributed by atoms with Gasteiger partial charge in [-0.3, -0.25) is 4.68 Å². The average Bonchev–Trinajstić information content (AvgIpc) is 3.42. The molecule has 7 nitrogen and oxygen atoms in total. The lowest BCUT2D eigenvalue weighted by atomic mass is 10.3. The van der Waals surface area contributed by atoms with Crippen molar-refractivity contribution in [3.63, 3.8) is 0 Å². The number of sulfonamides is 1. The smallest absolute Gasteiger partial charge is 0.244 e. The van der Waals surface area contributed by atoms with Crippen LogP contribution in [-0.2, 0) is 16.6 Å². The molecule has 1 aliphatic heterocycles. The van der Waals surface area contributed by atoms with E-state index in [1.807, 2.05) is 12.3 Å². The number of nitrogens with one attached hydrogen (secondary N) is 1. The minimum atomic E-state index is -3.40. The molecule has 0 atom stereocenters. The van der Waals surface area contributed by atoms with Crippen molar-refractivity contribution < 1.29 is 8.42 Å². The summed E-state index contributed by atoms with van der Waals surface area (Å²) in [4.78, 5) is 4.52. The van der Waals surface area contributed by atoms with Gasteiger partial charge in [0.1, 0.15) is 10.7 Å². The first-order valence-corrected chi connectivity index (χ1v) is 10.8. The van der Waals surface area contributed by atoms with Gasteiger partial charge in [0.2, 0.25) is 10.0 Å². The summed E-state index contributed by atoms with van der Waals surface area (Å²) in [5.41, 5.74) is 0.965. The van der Waals surface area contributed by atoms with E-state index in [1.165, 1.54) is 36.2 Å². The molecule has 2 aromatic rings. The number of hydrogen-bond donors (Lipinski definition) is 1. The number of aromatic nitrogens is 3. The molecule has 2 aromatic heterocycles. The minimum absolute atomic E-state index is 0.260. The highest BCUT2D eigenvalue weighted by Gasteiger charge is 2.27. The van der Waals surface area contributed by atoms with Gasteiger partial charge in [0.05, 0.1) is 18.3 Å². The van der Waals surface area contributed by atoms with Gasteiger partial charge in [-0.2, -0.15) is 9.40 Å². The first-order valence-electron chi connectivity index (χ1n) is 9.37. The lowest BCUT2D eigenvalue weighted by molar-refractivity contribution is 0.463. The summed E-state index contributed by atoms with van der Waals surface area (Å²) < 4.78 is 28.6. The first-order chi connectivity index (χ1) is 12.6. The van der Waals surface area contributed by atoms with Crippen LogP contribution in [0.15, 0.2) is 35.5 Å². The second kappa shape index (κ2) is 7.36. The van der Waals surface area contributed by atoms with Crippen molar-refractivity contribution in [2.45, 2.75) is 56.0 Å². The second-order valence-electron chi connectivity index (χ2n) is 7.07. The zero-order valence-corrected chi connectivity index (χ0v) is 15.7. The molecule has 4 rings (SSSR count). The molecule has 0 aromatic carbocycles. The van der Waals surface area contributed by atoms with Gasteiger partial charge in [0.15, 0.2) is 0 Å². The minimum Gasteiger partial charge on any atom is -0.364 e. The molecule has 1 saturated heterocycles. The van der Waals surface area contributed by atoms with Crippen LogP contribution in [0.2, 0.25) is 0 Å². The van der Waals surface area contributed by atoms with Crippen molar-refractivity contribution in [1.82, 2.24) is 19.1 Å². The fourth-order valence-corrected chi connectivity index (χ4v) is 5.20. The van der Waals surface area contributed by atoms with Crippen LogP contribution in [0.5, 0.6) is 0 Å². The average molecular weight is 375 g/mol. The quantitative estimate of drug-likeness (QED) is 0.840. The summed E-state index contributed by atoms with van der Waals surface area (Å²) in [6, 6.07) is 5.91. The third-order valence-electron chi connectivity index (χ3n) is 5.25. The summed E-state index contributed by atoms with van der Waals surface area (Å²) >= 11 is 0. The SMILES string of the molecule is O=S(=O)(c1ccc(NCc2ccn(C3CCCC3)n2)nc1)N1CCCC1. The molecule has 1 N–H and O–H groups in total. The summed E-state index contributed by atoms with van der Waals surface area (Å²) in [5.74, 6) is 0.654. The number of hydrogen-bond acceptors (Lipinski definition) is 5. The van der Waals surface area contributed by atoms with Gasteiger partial charge < -0.3 is 5.32 Å². The molecule has 26 heavy (non-hydrogen) atoms. The van der Waals surface area contributed by atoms with Crippen LogP contribution < -0.4 is 5.32 Å². The largest absolute Gasteiger partial charge is 0.364 e. The molecule has 0 amide bonds. The number of rotatable bonds is 6. The van der Waals surface area contributed by atoms with E-state index in [9.17, 15) is 8.42 Å². The van der Waals surface area contributed by atoms with Crippen LogP contribution in [-0.4, -0.2) is 40.6 Å². The maximum atomic E-state index is 12.5. The predicted octanol–water partition coefficient (Wildman–Crippen LogP) is 2.79. The molecule has 0 radical (unpaired) electrons. The summed E-state index contributed by atoms with van der Waals surface area (Å²) in [7, 11) is -3.40. The lowest BCUT2D eigenvalue weighted by Gasteiger charge is -2.15. The Bertz CT molecular complexity index is 835. The predicted molar refractivity (Wildman–Crippen MR) is 99.3 cm³/mol. The number of pyridine rings is 1. The lowest BCUT2D eigenvalue weighted by Crippen LogP contribution is -2.27. The Hall–Kier alpha value is -1.93.